The monoisotopic (exact) mass is 375 g/mol. The third-order valence-electron chi connectivity index (χ3n) is 4.28. The molecule has 0 radical (unpaired) electrons. The highest BCUT2D eigenvalue weighted by Crippen LogP contribution is 2.28. The molecule has 0 aliphatic rings. The van der Waals surface area contributed by atoms with E-state index in [4.69, 9.17) is 4.74 Å². The summed E-state index contributed by atoms with van der Waals surface area (Å²) in [5.74, 6) is 1.36. The van der Waals surface area contributed by atoms with Crippen molar-refractivity contribution in [1.29, 1.82) is 5.26 Å². The zero-order valence-electron chi connectivity index (χ0n) is 14.9. The minimum atomic E-state index is 0.579. The molecule has 0 bridgehead atoms. The van der Waals surface area contributed by atoms with Gasteiger partial charge in [-0.15, -0.1) is 0 Å². The maximum Gasteiger partial charge on any atom is 0.166 e. The number of thioether (sulfide) groups is 1. The van der Waals surface area contributed by atoms with Gasteiger partial charge in [-0.25, -0.2) is 9.67 Å². The number of aromatic amines is 1. The van der Waals surface area contributed by atoms with E-state index >= 15 is 0 Å². The van der Waals surface area contributed by atoms with Crippen molar-refractivity contribution < 1.29 is 4.74 Å². The number of aromatic nitrogens is 4. The molecular formula is C20H17N5OS. The summed E-state index contributed by atoms with van der Waals surface area (Å²) in [5, 5.41) is 14.9. The summed E-state index contributed by atoms with van der Waals surface area (Å²) in [6.45, 7) is 1.86. The number of imidazole rings is 1. The number of methoxy groups -OCH3 is 1. The number of ether oxygens (including phenoxy) is 1. The Hall–Kier alpha value is -3.24. The van der Waals surface area contributed by atoms with Crippen LogP contribution in [0.5, 0.6) is 5.75 Å². The Morgan fingerprint density at radius 1 is 1.22 bits per heavy atom. The molecule has 6 nitrogen and oxygen atoms in total. The number of fused-ring (bicyclic) bond motifs is 1. The number of nitrogens with one attached hydrogen (secondary N) is 1. The summed E-state index contributed by atoms with van der Waals surface area (Å²) in [4.78, 5) is 7.91. The first-order valence-corrected chi connectivity index (χ1v) is 9.38. The van der Waals surface area contributed by atoms with Gasteiger partial charge in [-0.1, -0.05) is 30.0 Å². The summed E-state index contributed by atoms with van der Waals surface area (Å²) in [7, 11) is 1.64. The molecule has 0 fully saturated rings. The Labute approximate surface area is 160 Å². The number of H-pyrrole nitrogens is 1. The highest BCUT2D eigenvalue weighted by molar-refractivity contribution is 7.98. The molecular weight excluding hydrogens is 358 g/mol. The zero-order chi connectivity index (χ0) is 18.8. The van der Waals surface area contributed by atoms with Crippen molar-refractivity contribution in [3.63, 3.8) is 0 Å². The molecule has 0 saturated carbocycles. The summed E-state index contributed by atoms with van der Waals surface area (Å²) in [5.41, 5.74) is 4.95. The molecule has 0 aliphatic heterocycles. The predicted molar refractivity (Wildman–Crippen MR) is 105 cm³/mol. The molecule has 2 heterocycles. The van der Waals surface area contributed by atoms with Crippen LogP contribution < -0.4 is 4.74 Å². The Bertz CT molecular complexity index is 1140. The highest BCUT2D eigenvalue weighted by Gasteiger charge is 2.17. The molecule has 4 rings (SSSR count). The first kappa shape index (κ1) is 17.2. The van der Waals surface area contributed by atoms with Crippen LogP contribution in [0.2, 0.25) is 0 Å². The van der Waals surface area contributed by atoms with Gasteiger partial charge in [0, 0.05) is 11.8 Å². The standard InChI is InChI=1S/C20H17N5OS/c1-13-16(11-21)19(25(24-13)14-6-4-3-5-7-14)12-27-20-22-17-9-8-15(26-2)10-18(17)23-20/h3-10H,12H2,1-2H3,(H,22,23). The number of nitriles is 1. The number of aryl methyl sites for hydroxylation is 1. The Kier molecular flexibility index (Phi) is 4.57. The van der Waals surface area contributed by atoms with E-state index in [1.165, 1.54) is 0 Å². The van der Waals surface area contributed by atoms with E-state index in [2.05, 4.69) is 21.1 Å². The number of para-hydroxylation sites is 1. The van der Waals surface area contributed by atoms with Gasteiger partial charge in [-0.2, -0.15) is 10.4 Å². The van der Waals surface area contributed by atoms with Crippen molar-refractivity contribution in [3.8, 4) is 17.5 Å². The van der Waals surface area contributed by atoms with Crippen molar-refractivity contribution in [2.24, 2.45) is 0 Å². The topological polar surface area (TPSA) is 79.5 Å². The van der Waals surface area contributed by atoms with Crippen LogP contribution in [0, 0.1) is 18.3 Å². The lowest BCUT2D eigenvalue weighted by Gasteiger charge is -2.06. The molecule has 7 heteroatoms. The number of benzene rings is 2. The molecule has 2 aromatic heterocycles. The average Bonchev–Trinajstić information content (AvgIpc) is 3.26. The molecule has 0 unspecified atom stereocenters. The molecule has 2 aromatic carbocycles. The molecule has 0 saturated heterocycles. The summed E-state index contributed by atoms with van der Waals surface area (Å²) < 4.78 is 7.10. The zero-order valence-corrected chi connectivity index (χ0v) is 15.7. The smallest absolute Gasteiger partial charge is 0.166 e. The molecule has 0 atom stereocenters. The van der Waals surface area contributed by atoms with Gasteiger partial charge in [0.15, 0.2) is 5.16 Å². The van der Waals surface area contributed by atoms with Crippen LogP contribution in [0.15, 0.2) is 53.7 Å². The SMILES string of the molecule is COc1ccc2nc(SCc3c(C#N)c(C)nn3-c3ccccc3)[nH]c2c1. The van der Waals surface area contributed by atoms with Gasteiger partial charge in [0.25, 0.3) is 0 Å². The molecule has 1 N–H and O–H groups in total. The molecule has 4 aromatic rings. The van der Waals surface area contributed by atoms with Crippen molar-refractivity contribution in [2.75, 3.05) is 7.11 Å². The second kappa shape index (κ2) is 7.17. The van der Waals surface area contributed by atoms with E-state index in [1.54, 1.807) is 18.9 Å². The van der Waals surface area contributed by atoms with E-state index in [1.807, 2.05) is 60.1 Å². The van der Waals surface area contributed by atoms with Crippen LogP contribution in [0.25, 0.3) is 16.7 Å². The third kappa shape index (κ3) is 3.27. The minimum Gasteiger partial charge on any atom is -0.497 e. The van der Waals surface area contributed by atoms with Crippen LogP contribution in [0.4, 0.5) is 0 Å². The van der Waals surface area contributed by atoms with Crippen LogP contribution >= 0.6 is 11.8 Å². The van der Waals surface area contributed by atoms with Gasteiger partial charge < -0.3 is 9.72 Å². The second-order valence-corrected chi connectivity index (χ2v) is 6.94. The van der Waals surface area contributed by atoms with E-state index in [0.29, 0.717) is 11.3 Å². The lowest BCUT2D eigenvalue weighted by molar-refractivity contribution is 0.415. The molecule has 0 aliphatic carbocycles. The fourth-order valence-corrected chi connectivity index (χ4v) is 3.82. The molecule has 134 valence electrons. The quantitative estimate of drug-likeness (QED) is 0.528. The van der Waals surface area contributed by atoms with Gasteiger partial charge in [-0.05, 0) is 31.2 Å². The fraction of sp³-hybridized carbons (Fsp3) is 0.150. The maximum atomic E-state index is 9.58. The third-order valence-corrected chi connectivity index (χ3v) is 5.17. The van der Waals surface area contributed by atoms with Crippen molar-refractivity contribution in [1.82, 2.24) is 19.7 Å². The molecule has 0 spiro atoms. The average molecular weight is 375 g/mol. The Morgan fingerprint density at radius 3 is 2.78 bits per heavy atom. The van der Waals surface area contributed by atoms with Crippen LogP contribution in [0.1, 0.15) is 17.0 Å². The summed E-state index contributed by atoms with van der Waals surface area (Å²) >= 11 is 1.54. The Morgan fingerprint density at radius 2 is 2.04 bits per heavy atom. The van der Waals surface area contributed by atoms with E-state index in [-0.39, 0.29) is 0 Å². The largest absolute Gasteiger partial charge is 0.497 e. The number of rotatable bonds is 5. The lowest BCUT2D eigenvalue weighted by atomic mass is 10.2. The van der Waals surface area contributed by atoms with E-state index in [0.717, 1.165) is 39.0 Å². The molecule has 27 heavy (non-hydrogen) atoms. The van der Waals surface area contributed by atoms with E-state index < -0.39 is 0 Å². The van der Waals surface area contributed by atoms with Gasteiger partial charge in [-0.3, -0.25) is 0 Å². The van der Waals surface area contributed by atoms with Crippen molar-refractivity contribution in [2.45, 2.75) is 17.8 Å². The van der Waals surface area contributed by atoms with Gasteiger partial charge in [0.2, 0.25) is 0 Å². The van der Waals surface area contributed by atoms with E-state index in [9.17, 15) is 5.26 Å². The fourth-order valence-electron chi connectivity index (χ4n) is 2.93. The number of hydrogen-bond acceptors (Lipinski definition) is 5. The second-order valence-electron chi connectivity index (χ2n) is 5.98. The van der Waals surface area contributed by atoms with Crippen LogP contribution in [0.3, 0.4) is 0 Å². The highest BCUT2D eigenvalue weighted by atomic mass is 32.2. The summed E-state index contributed by atoms with van der Waals surface area (Å²) in [6, 6.07) is 17.9. The first-order valence-electron chi connectivity index (χ1n) is 8.40. The first-order chi connectivity index (χ1) is 13.2. The van der Waals surface area contributed by atoms with Crippen LogP contribution in [-0.2, 0) is 5.75 Å². The number of nitrogens with zero attached hydrogens (tertiary/aromatic N) is 4. The van der Waals surface area contributed by atoms with Gasteiger partial charge >= 0.3 is 0 Å². The predicted octanol–water partition coefficient (Wildman–Crippen LogP) is 4.23. The van der Waals surface area contributed by atoms with Crippen LogP contribution in [-0.4, -0.2) is 26.9 Å². The maximum absolute atomic E-state index is 9.58. The number of hydrogen-bond donors (Lipinski definition) is 1. The molecule has 0 amide bonds. The Balaban J connectivity index is 1.66. The lowest BCUT2D eigenvalue weighted by Crippen LogP contribution is -2.02. The normalized spacial score (nSPS) is 10.9. The minimum absolute atomic E-state index is 0.579. The van der Waals surface area contributed by atoms with Gasteiger partial charge in [0.05, 0.1) is 40.8 Å². The van der Waals surface area contributed by atoms with Crippen molar-refractivity contribution in [3.05, 3.63) is 65.5 Å². The summed E-state index contributed by atoms with van der Waals surface area (Å²) in [6.07, 6.45) is 0. The van der Waals surface area contributed by atoms with Crippen molar-refractivity contribution >= 4 is 22.8 Å². The van der Waals surface area contributed by atoms with Gasteiger partial charge in [0.1, 0.15) is 11.8 Å².